The molecule has 0 heterocycles. The molecule has 0 spiro atoms. The van der Waals surface area contributed by atoms with Crippen LogP contribution in [0.1, 0.15) is 19.4 Å². The minimum Gasteiger partial charge on any atom is -0.423 e. The molecule has 0 amide bonds. The van der Waals surface area contributed by atoms with Gasteiger partial charge in [-0.15, -0.1) is 0 Å². The van der Waals surface area contributed by atoms with E-state index >= 15 is 0 Å². The minimum atomic E-state index is -1.46. The second kappa shape index (κ2) is 7.45. The van der Waals surface area contributed by atoms with Crippen molar-refractivity contribution in [3.05, 3.63) is 29.8 Å². The van der Waals surface area contributed by atoms with Crippen molar-refractivity contribution in [2.75, 3.05) is 13.2 Å². The quantitative estimate of drug-likeness (QED) is 0.671. The fraction of sp³-hybridized carbons (Fsp3) is 0.500. The van der Waals surface area contributed by atoms with E-state index in [4.69, 9.17) is 9.47 Å². The van der Waals surface area contributed by atoms with Crippen molar-refractivity contribution in [3.8, 4) is 0 Å². The monoisotopic (exact) mass is 238 g/mol. The zero-order valence-electron chi connectivity index (χ0n) is 10.3. The predicted molar refractivity (Wildman–Crippen MR) is 67.0 cm³/mol. The smallest absolute Gasteiger partial charge is 0.423 e. The second-order valence-electron chi connectivity index (χ2n) is 3.85. The van der Waals surface area contributed by atoms with E-state index in [0.717, 1.165) is 5.56 Å². The first-order chi connectivity index (χ1) is 8.15. The van der Waals surface area contributed by atoms with Gasteiger partial charge in [-0.3, -0.25) is 0 Å². The standard InChI is InChI=1S/C12H19BO4/c1-3-16-8-10(2)17-9-11-6-4-5-7-12(11)13(14)15/h4-7,10,14-15H,3,8-9H2,1-2H3. The summed E-state index contributed by atoms with van der Waals surface area (Å²) in [6.45, 7) is 5.42. The number of benzene rings is 1. The fourth-order valence-corrected chi connectivity index (χ4v) is 1.48. The van der Waals surface area contributed by atoms with E-state index in [2.05, 4.69) is 0 Å². The molecule has 4 nitrogen and oxygen atoms in total. The van der Waals surface area contributed by atoms with E-state index in [-0.39, 0.29) is 6.10 Å². The van der Waals surface area contributed by atoms with E-state index in [1.54, 1.807) is 12.1 Å². The average Bonchev–Trinajstić information content (AvgIpc) is 2.34. The van der Waals surface area contributed by atoms with E-state index in [0.29, 0.717) is 25.3 Å². The molecule has 0 saturated carbocycles. The molecule has 17 heavy (non-hydrogen) atoms. The third-order valence-corrected chi connectivity index (χ3v) is 2.41. The summed E-state index contributed by atoms with van der Waals surface area (Å²) in [5.41, 5.74) is 1.27. The largest absolute Gasteiger partial charge is 0.488 e. The van der Waals surface area contributed by atoms with Gasteiger partial charge in [-0.05, 0) is 24.9 Å². The third-order valence-electron chi connectivity index (χ3n) is 2.41. The molecule has 0 bridgehead atoms. The van der Waals surface area contributed by atoms with E-state index in [1.807, 2.05) is 26.0 Å². The predicted octanol–water partition coefficient (Wildman–Crippen LogP) is 0.308. The summed E-state index contributed by atoms with van der Waals surface area (Å²) in [5, 5.41) is 18.4. The maximum absolute atomic E-state index is 9.19. The van der Waals surface area contributed by atoms with Crippen LogP contribution in [0.2, 0.25) is 0 Å². The number of rotatable bonds is 7. The van der Waals surface area contributed by atoms with Gasteiger partial charge in [-0.25, -0.2) is 0 Å². The summed E-state index contributed by atoms with van der Waals surface area (Å²) < 4.78 is 10.8. The highest BCUT2D eigenvalue weighted by Gasteiger charge is 2.15. The van der Waals surface area contributed by atoms with Gasteiger partial charge in [-0.1, -0.05) is 24.3 Å². The van der Waals surface area contributed by atoms with Gasteiger partial charge < -0.3 is 19.5 Å². The maximum atomic E-state index is 9.19. The molecule has 2 N–H and O–H groups in total. The Hall–Kier alpha value is -0.875. The molecule has 0 radical (unpaired) electrons. The lowest BCUT2D eigenvalue weighted by molar-refractivity contribution is -0.0114. The van der Waals surface area contributed by atoms with Crippen LogP contribution >= 0.6 is 0 Å². The highest BCUT2D eigenvalue weighted by Crippen LogP contribution is 2.03. The Labute approximate surface area is 102 Å². The topological polar surface area (TPSA) is 58.9 Å². The molecular weight excluding hydrogens is 219 g/mol. The SMILES string of the molecule is CCOCC(C)OCc1ccccc1B(O)O. The molecule has 1 rings (SSSR count). The van der Waals surface area contributed by atoms with Gasteiger partial charge in [0.05, 0.1) is 19.3 Å². The molecule has 1 atom stereocenters. The van der Waals surface area contributed by atoms with Gasteiger partial charge >= 0.3 is 7.12 Å². The van der Waals surface area contributed by atoms with Crippen molar-refractivity contribution < 1.29 is 19.5 Å². The van der Waals surface area contributed by atoms with Gasteiger partial charge in [-0.2, -0.15) is 0 Å². The molecule has 0 aromatic heterocycles. The molecule has 1 aromatic carbocycles. The highest BCUT2D eigenvalue weighted by atomic mass is 16.5. The third kappa shape index (κ3) is 4.87. The molecule has 5 heteroatoms. The van der Waals surface area contributed by atoms with Crippen LogP contribution in [0.4, 0.5) is 0 Å². The van der Waals surface area contributed by atoms with E-state index in [1.165, 1.54) is 0 Å². The van der Waals surface area contributed by atoms with E-state index < -0.39 is 7.12 Å². The molecule has 1 unspecified atom stereocenters. The molecule has 0 aliphatic carbocycles. The van der Waals surface area contributed by atoms with Crippen LogP contribution in [-0.4, -0.2) is 36.5 Å². The Morgan fingerprint density at radius 2 is 2.00 bits per heavy atom. The van der Waals surface area contributed by atoms with Gasteiger partial charge in [0.15, 0.2) is 0 Å². The van der Waals surface area contributed by atoms with Crippen LogP contribution in [-0.2, 0) is 16.1 Å². The number of hydrogen-bond donors (Lipinski definition) is 2. The van der Waals surface area contributed by atoms with Crippen LogP contribution in [0.25, 0.3) is 0 Å². The molecule has 0 aliphatic heterocycles. The molecule has 1 aromatic rings. The van der Waals surface area contributed by atoms with Crippen LogP contribution in [0.3, 0.4) is 0 Å². The van der Waals surface area contributed by atoms with Crippen molar-refractivity contribution >= 4 is 12.6 Å². The Morgan fingerprint density at radius 3 is 2.65 bits per heavy atom. The Balaban J connectivity index is 2.51. The summed E-state index contributed by atoms with van der Waals surface area (Å²) in [7, 11) is -1.46. The first kappa shape index (κ1) is 14.2. The highest BCUT2D eigenvalue weighted by molar-refractivity contribution is 6.59. The first-order valence-corrected chi connectivity index (χ1v) is 5.78. The lowest BCUT2D eigenvalue weighted by Gasteiger charge is -2.14. The summed E-state index contributed by atoms with van der Waals surface area (Å²) in [6.07, 6.45) is -0.0150. The van der Waals surface area contributed by atoms with Crippen LogP contribution in [0, 0.1) is 0 Å². The molecular formula is C12H19BO4. The average molecular weight is 238 g/mol. The Morgan fingerprint density at radius 1 is 1.29 bits per heavy atom. The Kier molecular flexibility index (Phi) is 6.22. The van der Waals surface area contributed by atoms with Gasteiger partial charge in [0.2, 0.25) is 0 Å². The van der Waals surface area contributed by atoms with Gasteiger partial charge in [0, 0.05) is 6.61 Å². The summed E-state index contributed by atoms with van der Waals surface area (Å²) >= 11 is 0. The van der Waals surface area contributed by atoms with Gasteiger partial charge in [0.25, 0.3) is 0 Å². The van der Waals surface area contributed by atoms with Gasteiger partial charge in [0.1, 0.15) is 0 Å². The Bertz CT molecular complexity index is 330. The summed E-state index contributed by atoms with van der Waals surface area (Å²) in [6, 6.07) is 7.11. The van der Waals surface area contributed by atoms with Crippen molar-refractivity contribution in [2.45, 2.75) is 26.6 Å². The number of hydrogen-bond acceptors (Lipinski definition) is 4. The molecule has 0 aliphatic rings. The van der Waals surface area contributed by atoms with Crippen molar-refractivity contribution in [1.82, 2.24) is 0 Å². The number of ether oxygens (including phenoxy) is 2. The van der Waals surface area contributed by atoms with Crippen molar-refractivity contribution in [1.29, 1.82) is 0 Å². The molecule has 94 valence electrons. The van der Waals surface area contributed by atoms with Crippen LogP contribution in [0.15, 0.2) is 24.3 Å². The molecule has 0 fully saturated rings. The maximum Gasteiger partial charge on any atom is 0.488 e. The van der Waals surface area contributed by atoms with Crippen LogP contribution < -0.4 is 5.46 Å². The van der Waals surface area contributed by atoms with E-state index in [9.17, 15) is 10.0 Å². The lowest BCUT2D eigenvalue weighted by atomic mass is 9.77. The summed E-state index contributed by atoms with van der Waals surface area (Å²) in [5.74, 6) is 0. The van der Waals surface area contributed by atoms with Crippen molar-refractivity contribution in [2.24, 2.45) is 0 Å². The first-order valence-electron chi connectivity index (χ1n) is 5.78. The minimum absolute atomic E-state index is 0.0150. The van der Waals surface area contributed by atoms with Crippen molar-refractivity contribution in [3.63, 3.8) is 0 Å². The lowest BCUT2D eigenvalue weighted by Crippen LogP contribution is -2.33. The normalized spacial score (nSPS) is 12.5. The second-order valence-corrected chi connectivity index (χ2v) is 3.85. The van der Waals surface area contributed by atoms with Crippen LogP contribution in [0.5, 0.6) is 0 Å². The fourth-order valence-electron chi connectivity index (χ4n) is 1.48. The summed E-state index contributed by atoms with van der Waals surface area (Å²) in [4.78, 5) is 0. The molecule has 0 saturated heterocycles. The zero-order chi connectivity index (χ0) is 12.7. The zero-order valence-corrected chi connectivity index (χ0v) is 10.3.